The van der Waals surface area contributed by atoms with Gasteiger partial charge < -0.3 is 15.0 Å². The number of carbonyl (C=O) groups excluding carboxylic acids is 1. The molecule has 0 bridgehead atoms. The predicted octanol–water partition coefficient (Wildman–Crippen LogP) is 1.72. The SMILES string of the molecule is COc1ccc(NC(=O)C[NH+](C)Cc2sccc2C)cc1. The highest BCUT2D eigenvalue weighted by Gasteiger charge is 2.12. The van der Waals surface area contributed by atoms with Crippen molar-refractivity contribution in [3.05, 3.63) is 46.2 Å². The summed E-state index contributed by atoms with van der Waals surface area (Å²) in [5.74, 6) is 0.802. The molecule has 1 amide bonds. The first-order chi connectivity index (χ1) is 10.1. The van der Waals surface area contributed by atoms with Gasteiger partial charge in [0.2, 0.25) is 0 Å². The van der Waals surface area contributed by atoms with E-state index in [0.717, 1.165) is 18.0 Å². The average Bonchev–Trinajstić information content (AvgIpc) is 2.84. The zero-order valence-electron chi connectivity index (χ0n) is 12.6. The Hall–Kier alpha value is -1.85. The van der Waals surface area contributed by atoms with E-state index < -0.39 is 0 Å². The molecule has 0 saturated carbocycles. The molecule has 2 rings (SSSR count). The largest absolute Gasteiger partial charge is 0.497 e. The van der Waals surface area contributed by atoms with Gasteiger partial charge >= 0.3 is 0 Å². The molecule has 1 aromatic heterocycles. The quantitative estimate of drug-likeness (QED) is 0.853. The first-order valence-corrected chi connectivity index (χ1v) is 7.74. The summed E-state index contributed by atoms with van der Waals surface area (Å²) in [6.07, 6.45) is 0. The lowest BCUT2D eigenvalue weighted by Gasteiger charge is -2.13. The molecule has 5 heteroatoms. The van der Waals surface area contributed by atoms with Crippen LogP contribution in [0.5, 0.6) is 5.75 Å². The molecule has 1 aromatic carbocycles. The van der Waals surface area contributed by atoms with Crippen LogP contribution in [0, 0.1) is 6.92 Å². The molecular weight excluding hydrogens is 284 g/mol. The monoisotopic (exact) mass is 305 g/mol. The highest BCUT2D eigenvalue weighted by Crippen LogP contribution is 2.15. The molecule has 2 N–H and O–H groups in total. The van der Waals surface area contributed by atoms with Crippen molar-refractivity contribution >= 4 is 22.9 Å². The summed E-state index contributed by atoms with van der Waals surface area (Å²) in [6.45, 7) is 3.43. The topological polar surface area (TPSA) is 42.8 Å². The number of rotatable bonds is 6. The number of ether oxygens (including phenoxy) is 1. The van der Waals surface area contributed by atoms with Gasteiger partial charge in [0.25, 0.3) is 5.91 Å². The number of methoxy groups -OCH3 is 1. The van der Waals surface area contributed by atoms with Crippen molar-refractivity contribution in [1.29, 1.82) is 0 Å². The Balaban J connectivity index is 1.84. The minimum atomic E-state index is 0.0203. The van der Waals surface area contributed by atoms with Crippen LogP contribution in [0.15, 0.2) is 35.7 Å². The van der Waals surface area contributed by atoms with Crippen LogP contribution in [-0.2, 0) is 11.3 Å². The highest BCUT2D eigenvalue weighted by atomic mass is 32.1. The van der Waals surface area contributed by atoms with Crippen LogP contribution in [0.25, 0.3) is 0 Å². The van der Waals surface area contributed by atoms with E-state index in [1.165, 1.54) is 15.3 Å². The molecule has 112 valence electrons. The van der Waals surface area contributed by atoms with E-state index >= 15 is 0 Å². The normalized spacial score (nSPS) is 12.0. The summed E-state index contributed by atoms with van der Waals surface area (Å²) in [6, 6.07) is 9.47. The fourth-order valence-electron chi connectivity index (χ4n) is 2.08. The van der Waals surface area contributed by atoms with Crippen molar-refractivity contribution in [1.82, 2.24) is 0 Å². The molecule has 0 aliphatic carbocycles. The van der Waals surface area contributed by atoms with Gasteiger partial charge in [-0.1, -0.05) is 0 Å². The molecular formula is C16H21N2O2S+. The van der Waals surface area contributed by atoms with Gasteiger partial charge in [0.15, 0.2) is 6.54 Å². The zero-order valence-corrected chi connectivity index (χ0v) is 13.4. The van der Waals surface area contributed by atoms with E-state index in [-0.39, 0.29) is 5.91 Å². The smallest absolute Gasteiger partial charge is 0.279 e. The van der Waals surface area contributed by atoms with Crippen molar-refractivity contribution in [3.8, 4) is 5.75 Å². The van der Waals surface area contributed by atoms with Gasteiger partial charge in [-0.05, 0) is 48.2 Å². The van der Waals surface area contributed by atoms with E-state index in [2.05, 4.69) is 23.7 Å². The number of quaternary nitrogens is 1. The first-order valence-electron chi connectivity index (χ1n) is 6.86. The zero-order chi connectivity index (χ0) is 15.2. The van der Waals surface area contributed by atoms with Crippen LogP contribution in [0.3, 0.4) is 0 Å². The van der Waals surface area contributed by atoms with Crippen LogP contribution in [0.2, 0.25) is 0 Å². The van der Waals surface area contributed by atoms with Crippen molar-refractivity contribution in [2.24, 2.45) is 0 Å². The number of hydrogen-bond acceptors (Lipinski definition) is 3. The molecule has 1 unspecified atom stereocenters. The number of carbonyl (C=O) groups is 1. The number of anilines is 1. The van der Waals surface area contributed by atoms with Gasteiger partial charge in [0.05, 0.1) is 19.0 Å². The lowest BCUT2D eigenvalue weighted by molar-refractivity contribution is -0.884. The van der Waals surface area contributed by atoms with Crippen molar-refractivity contribution in [3.63, 3.8) is 0 Å². The van der Waals surface area contributed by atoms with Crippen LogP contribution >= 0.6 is 11.3 Å². The number of amides is 1. The van der Waals surface area contributed by atoms with Gasteiger partial charge in [0, 0.05) is 5.69 Å². The summed E-state index contributed by atoms with van der Waals surface area (Å²) in [7, 11) is 3.66. The number of likely N-dealkylation sites (N-methyl/N-ethyl adjacent to an activating group) is 1. The third kappa shape index (κ3) is 4.58. The van der Waals surface area contributed by atoms with Crippen LogP contribution in [0.4, 0.5) is 5.69 Å². The molecule has 0 aliphatic heterocycles. The minimum absolute atomic E-state index is 0.0203. The summed E-state index contributed by atoms with van der Waals surface area (Å²) in [4.78, 5) is 14.5. The Morgan fingerprint density at radius 2 is 2.00 bits per heavy atom. The van der Waals surface area contributed by atoms with E-state index in [0.29, 0.717) is 6.54 Å². The third-order valence-electron chi connectivity index (χ3n) is 3.27. The molecule has 0 radical (unpaired) electrons. The Kier molecular flexibility index (Phi) is 5.36. The standard InChI is InChI=1S/C16H20N2O2S/c1-12-8-9-21-15(12)10-18(2)11-16(19)17-13-4-6-14(20-3)7-5-13/h4-9H,10-11H2,1-3H3,(H,17,19)/p+1. The molecule has 0 spiro atoms. The molecule has 21 heavy (non-hydrogen) atoms. The second-order valence-corrected chi connectivity index (χ2v) is 6.11. The Bertz CT molecular complexity index is 593. The molecule has 1 atom stereocenters. The summed E-state index contributed by atoms with van der Waals surface area (Å²) >= 11 is 1.75. The third-order valence-corrected chi connectivity index (χ3v) is 4.29. The Morgan fingerprint density at radius 3 is 2.57 bits per heavy atom. The van der Waals surface area contributed by atoms with Gasteiger partial charge in [-0.25, -0.2) is 0 Å². The summed E-state index contributed by atoms with van der Waals surface area (Å²) in [5.41, 5.74) is 2.09. The lowest BCUT2D eigenvalue weighted by Crippen LogP contribution is -3.08. The van der Waals surface area contributed by atoms with Gasteiger partial charge in [-0.15, -0.1) is 11.3 Å². The maximum Gasteiger partial charge on any atom is 0.279 e. The van der Waals surface area contributed by atoms with Gasteiger partial charge in [0.1, 0.15) is 12.3 Å². The van der Waals surface area contributed by atoms with Crippen LogP contribution in [-0.4, -0.2) is 26.6 Å². The number of nitrogens with one attached hydrogen (secondary N) is 2. The van der Waals surface area contributed by atoms with Gasteiger partial charge in [-0.2, -0.15) is 0 Å². The molecule has 0 saturated heterocycles. The van der Waals surface area contributed by atoms with Crippen molar-refractivity contribution < 1.29 is 14.4 Å². The van der Waals surface area contributed by atoms with E-state index in [9.17, 15) is 4.79 Å². The highest BCUT2D eigenvalue weighted by molar-refractivity contribution is 7.10. The second-order valence-electron chi connectivity index (χ2n) is 5.11. The molecule has 4 nitrogen and oxygen atoms in total. The molecule has 0 aliphatic rings. The lowest BCUT2D eigenvalue weighted by atomic mass is 10.3. The number of thiophene rings is 1. The maximum absolute atomic E-state index is 12.0. The summed E-state index contributed by atoms with van der Waals surface area (Å²) in [5, 5.41) is 5.00. The van der Waals surface area contributed by atoms with Crippen molar-refractivity contribution in [2.75, 3.05) is 26.0 Å². The number of aryl methyl sites for hydroxylation is 1. The molecule has 2 aromatic rings. The van der Waals surface area contributed by atoms with Crippen LogP contribution in [0.1, 0.15) is 10.4 Å². The number of hydrogen-bond donors (Lipinski definition) is 2. The van der Waals surface area contributed by atoms with Crippen molar-refractivity contribution in [2.45, 2.75) is 13.5 Å². The fourth-order valence-corrected chi connectivity index (χ4v) is 3.10. The molecule has 1 heterocycles. The minimum Gasteiger partial charge on any atom is -0.497 e. The van der Waals surface area contributed by atoms with Crippen LogP contribution < -0.4 is 15.0 Å². The average molecular weight is 305 g/mol. The second kappa shape index (κ2) is 7.24. The van der Waals surface area contributed by atoms with E-state index in [1.807, 2.05) is 31.3 Å². The predicted molar refractivity (Wildman–Crippen MR) is 86.1 cm³/mol. The Morgan fingerprint density at radius 1 is 1.29 bits per heavy atom. The van der Waals surface area contributed by atoms with E-state index in [4.69, 9.17) is 4.74 Å². The summed E-state index contributed by atoms with van der Waals surface area (Å²) < 4.78 is 5.09. The molecule has 0 fully saturated rings. The van der Waals surface area contributed by atoms with E-state index in [1.54, 1.807) is 18.4 Å². The fraction of sp³-hybridized carbons (Fsp3) is 0.312. The number of benzene rings is 1. The Labute approximate surface area is 129 Å². The van der Waals surface area contributed by atoms with Gasteiger partial charge in [-0.3, -0.25) is 4.79 Å². The maximum atomic E-state index is 12.0. The first kappa shape index (κ1) is 15.5.